The molecule has 3 aromatic rings. The number of ether oxygens (including phenoxy) is 1. The number of nitrogens with zero attached hydrogens (tertiary/aromatic N) is 5. The van der Waals surface area contributed by atoms with Gasteiger partial charge in [0.25, 0.3) is 5.88 Å². The van der Waals surface area contributed by atoms with Crippen LogP contribution in [0.1, 0.15) is 12.7 Å². The summed E-state index contributed by atoms with van der Waals surface area (Å²) in [5.41, 5.74) is -0.406. The lowest BCUT2D eigenvalue weighted by atomic mass is 10.2. The van der Waals surface area contributed by atoms with Crippen LogP contribution in [0.2, 0.25) is 0 Å². The van der Waals surface area contributed by atoms with Crippen molar-refractivity contribution in [2.24, 2.45) is 0 Å². The van der Waals surface area contributed by atoms with Gasteiger partial charge in [-0.1, -0.05) is 0 Å². The van der Waals surface area contributed by atoms with Crippen LogP contribution in [0, 0.1) is 5.82 Å². The van der Waals surface area contributed by atoms with Gasteiger partial charge < -0.3 is 4.74 Å². The summed E-state index contributed by atoms with van der Waals surface area (Å²) in [6, 6.07) is 0.747. The smallest absolute Gasteiger partial charge is 0.452 e. The fourth-order valence-electron chi connectivity index (χ4n) is 2.03. The Bertz CT molecular complexity index is 982. The van der Waals surface area contributed by atoms with E-state index in [9.17, 15) is 30.7 Å². The third-order valence-corrected chi connectivity index (χ3v) is 3.40. The van der Waals surface area contributed by atoms with E-state index < -0.39 is 36.0 Å². The summed E-state index contributed by atoms with van der Waals surface area (Å²) in [5, 5.41) is 6.34. The predicted molar refractivity (Wildman–Crippen MR) is 75.1 cm³/mol. The molecule has 6 nitrogen and oxygen atoms in total. The van der Waals surface area contributed by atoms with Crippen LogP contribution >= 0.6 is 0 Å². The monoisotopic (exact) mass is 395 g/mol. The molecular weight excluding hydrogens is 387 g/mol. The van der Waals surface area contributed by atoms with Gasteiger partial charge in [-0.05, 0) is 13.0 Å². The maximum absolute atomic E-state index is 14.0. The quantitative estimate of drug-likeness (QED) is 0.634. The SMILES string of the molecule is C[C@@H](Oc1ncc(-c2cn3c(C(F)(F)F)nnc3cn2)cc1F)C(F)(F)F. The van der Waals surface area contributed by atoms with Gasteiger partial charge in [0.05, 0.1) is 11.9 Å². The Labute approximate surface area is 145 Å². The first-order valence-corrected chi connectivity index (χ1v) is 7.14. The summed E-state index contributed by atoms with van der Waals surface area (Å²) in [5.74, 6) is -3.44. The molecule has 0 saturated carbocycles. The highest BCUT2D eigenvalue weighted by Crippen LogP contribution is 2.30. The zero-order chi connectivity index (χ0) is 20.0. The maximum atomic E-state index is 14.0. The van der Waals surface area contributed by atoms with Crippen molar-refractivity contribution in [2.75, 3.05) is 0 Å². The van der Waals surface area contributed by atoms with Crippen molar-refractivity contribution < 1.29 is 35.5 Å². The first kappa shape index (κ1) is 18.8. The van der Waals surface area contributed by atoms with E-state index in [1.807, 2.05) is 0 Å². The summed E-state index contributed by atoms with van der Waals surface area (Å²) >= 11 is 0. The van der Waals surface area contributed by atoms with Crippen molar-refractivity contribution in [3.8, 4) is 17.1 Å². The summed E-state index contributed by atoms with van der Waals surface area (Å²) < 4.78 is 95.1. The third kappa shape index (κ3) is 3.75. The van der Waals surface area contributed by atoms with Crippen LogP contribution in [-0.4, -0.2) is 36.8 Å². The summed E-state index contributed by atoms with van der Waals surface area (Å²) in [4.78, 5) is 7.27. The van der Waals surface area contributed by atoms with Gasteiger partial charge in [0, 0.05) is 18.0 Å². The van der Waals surface area contributed by atoms with Gasteiger partial charge in [-0.2, -0.15) is 26.3 Å². The zero-order valence-corrected chi connectivity index (χ0v) is 13.2. The van der Waals surface area contributed by atoms with Crippen molar-refractivity contribution >= 4 is 5.65 Å². The molecule has 0 aliphatic carbocycles. The van der Waals surface area contributed by atoms with Crippen LogP contribution < -0.4 is 4.74 Å². The van der Waals surface area contributed by atoms with Crippen molar-refractivity contribution in [3.63, 3.8) is 0 Å². The normalized spacial score (nSPS) is 13.8. The average molecular weight is 395 g/mol. The molecule has 0 spiro atoms. The number of fused-ring (bicyclic) bond motifs is 1. The average Bonchev–Trinajstić information content (AvgIpc) is 2.99. The highest BCUT2D eigenvalue weighted by atomic mass is 19.4. The molecule has 0 bridgehead atoms. The van der Waals surface area contributed by atoms with E-state index in [4.69, 9.17) is 0 Å². The second kappa shape index (κ2) is 6.32. The molecule has 0 unspecified atom stereocenters. The molecule has 3 aromatic heterocycles. The first-order chi connectivity index (χ1) is 12.5. The predicted octanol–water partition coefficient (Wildman–Crippen LogP) is 3.67. The van der Waals surface area contributed by atoms with Crippen LogP contribution in [0.5, 0.6) is 5.88 Å². The number of hydrogen-bond donors (Lipinski definition) is 0. The molecule has 3 heterocycles. The number of hydrogen-bond acceptors (Lipinski definition) is 5. The van der Waals surface area contributed by atoms with Crippen LogP contribution in [0.3, 0.4) is 0 Å². The molecule has 0 aromatic carbocycles. The largest absolute Gasteiger partial charge is 0.463 e. The van der Waals surface area contributed by atoms with Crippen LogP contribution in [0.25, 0.3) is 16.9 Å². The minimum atomic E-state index is -4.78. The summed E-state index contributed by atoms with van der Waals surface area (Å²) in [6.45, 7) is 0.676. The highest BCUT2D eigenvalue weighted by Gasteiger charge is 2.39. The van der Waals surface area contributed by atoms with Gasteiger partial charge in [-0.3, -0.25) is 9.38 Å². The van der Waals surface area contributed by atoms with Gasteiger partial charge in [0.15, 0.2) is 17.6 Å². The van der Waals surface area contributed by atoms with Crippen molar-refractivity contribution in [2.45, 2.75) is 25.4 Å². The number of halogens is 7. The standard InChI is InChI=1S/C14H8F7N5O/c1-6(13(16,17)18)27-11-8(15)2-7(3-23-11)9-5-26-10(4-22-9)24-25-12(26)14(19,20)21/h2-6H,1H3/t6-/m1/s1. The van der Waals surface area contributed by atoms with Gasteiger partial charge >= 0.3 is 12.4 Å². The molecule has 0 saturated heterocycles. The molecule has 0 N–H and O–H groups in total. The minimum absolute atomic E-state index is 0.0803. The van der Waals surface area contributed by atoms with E-state index in [1.54, 1.807) is 0 Å². The molecule has 0 aliphatic rings. The van der Waals surface area contributed by atoms with Crippen molar-refractivity contribution in [3.05, 3.63) is 36.3 Å². The molecule has 144 valence electrons. The Morgan fingerprint density at radius 3 is 2.33 bits per heavy atom. The van der Waals surface area contributed by atoms with E-state index >= 15 is 0 Å². The maximum Gasteiger partial charge on any atom is 0.452 e. The first-order valence-electron chi connectivity index (χ1n) is 7.14. The molecule has 0 amide bonds. The molecule has 0 aliphatic heterocycles. The number of aromatic nitrogens is 5. The topological polar surface area (TPSA) is 65.2 Å². The number of alkyl halides is 6. The van der Waals surface area contributed by atoms with E-state index in [1.165, 1.54) is 0 Å². The lowest BCUT2D eigenvalue weighted by molar-refractivity contribution is -0.190. The molecule has 1 atom stereocenters. The molecule has 3 rings (SSSR count). The number of rotatable bonds is 3. The van der Waals surface area contributed by atoms with Crippen LogP contribution in [0.15, 0.2) is 24.7 Å². The van der Waals surface area contributed by atoms with E-state index in [0.29, 0.717) is 11.3 Å². The van der Waals surface area contributed by atoms with Gasteiger partial charge in [0.2, 0.25) is 5.82 Å². The fourth-order valence-corrected chi connectivity index (χ4v) is 2.03. The molecular formula is C14H8F7N5O. The van der Waals surface area contributed by atoms with E-state index in [2.05, 4.69) is 24.9 Å². The van der Waals surface area contributed by atoms with Gasteiger partial charge in [-0.15, -0.1) is 10.2 Å². The van der Waals surface area contributed by atoms with E-state index in [-0.39, 0.29) is 16.9 Å². The van der Waals surface area contributed by atoms with Crippen LogP contribution in [0.4, 0.5) is 30.7 Å². The summed E-state index contributed by atoms with van der Waals surface area (Å²) in [6.07, 6.45) is -8.99. The molecule has 27 heavy (non-hydrogen) atoms. The molecule has 13 heteroatoms. The lowest BCUT2D eigenvalue weighted by Crippen LogP contribution is -2.31. The molecule has 0 radical (unpaired) electrons. The van der Waals surface area contributed by atoms with Crippen molar-refractivity contribution in [1.29, 1.82) is 0 Å². The molecule has 0 fully saturated rings. The second-order valence-electron chi connectivity index (χ2n) is 5.33. The summed E-state index contributed by atoms with van der Waals surface area (Å²) in [7, 11) is 0. The van der Waals surface area contributed by atoms with Crippen molar-refractivity contribution in [1.82, 2.24) is 24.6 Å². The van der Waals surface area contributed by atoms with Gasteiger partial charge in [-0.25, -0.2) is 9.37 Å². The Morgan fingerprint density at radius 1 is 1.04 bits per heavy atom. The lowest BCUT2D eigenvalue weighted by Gasteiger charge is -2.17. The second-order valence-corrected chi connectivity index (χ2v) is 5.33. The Hall–Kier alpha value is -2.99. The Morgan fingerprint density at radius 2 is 1.74 bits per heavy atom. The minimum Gasteiger partial charge on any atom is -0.463 e. The number of pyridine rings is 1. The van der Waals surface area contributed by atoms with Crippen LogP contribution in [-0.2, 0) is 6.18 Å². The zero-order valence-electron chi connectivity index (χ0n) is 13.2. The van der Waals surface area contributed by atoms with Gasteiger partial charge in [0.1, 0.15) is 0 Å². The van der Waals surface area contributed by atoms with E-state index in [0.717, 1.165) is 24.7 Å². The fraction of sp³-hybridized carbons (Fsp3) is 0.286. The third-order valence-electron chi connectivity index (χ3n) is 3.40. The Kier molecular flexibility index (Phi) is 4.40. The highest BCUT2D eigenvalue weighted by molar-refractivity contribution is 5.59. The Balaban J connectivity index is 1.96.